The van der Waals surface area contributed by atoms with Crippen molar-refractivity contribution in [2.45, 2.75) is 45.8 Å². The summed E-state index contributed by atoms with van der Waals surface area (Å²) >= 11 is 0. The first-order valence-corrected chi connectivity index (χ1v) is 13.6. The van der Waals surface area contributed by atoms with E-state index in [9.17, 15) is 0 Å². The summed E-state index contributed by atoms with van der Waals surface area (Å²) in [6, 6.07) is 27.7. The maximum atomic E-state index is 5.77. The summed E-state index contributed by atoms with van der Waals surface area (Å²) in [5.74, 6) is 1.65. The zero-order valence-electron chi connectivity index (χ0n) is 23.3. The molecule has 3 atom stereocenters. The molecule has 3 unspecified atom stereocenters. The van der Waals surface area contributed by atoms with Crippen LogP contribution in [0.2, 0.25) is 0 Å². The van der Waals surface area contributed by atoms with Crippen LogP contribution in [-0.2, 0) is 11.3 Å². The summed E-state index contributed by atoms with van der Waals surface area (Å²) < 4.78 is 5.77. The summed E-state index contributed by atoms with van der Waals surface area (Å²) in [5.41, 5.74) is 6.78. The molecule has 0 aliphatic carbocycles. The van der Waals surface area contributed by atoms with Gasteiger partial charge in [-0.3, -0.25) is 0 Å². The number of H-pyrrole nitrogens is 1. The lowest BCUT2D eigenvalue weighted by Gasteiger charge is -2.42. The fourth-order valence-electron chi connectivity index (χ4n) is 5.43. The number of nitrogens with one attached hydrogen (secondary N) is 1. The van der Waals surface area contributed by atoms with Gasteiger partial charge in [-0.05, 0) is 53.5 Å². The Morgan fingerprint density at radius 3 is 2.38 bits per heavy atom. The molecule has 0 radical (unpaired) electrons. The summed E-state index contributed by atoms with van der Waals surface area (Å²) in [5, 5.41) is 14.5. The lowest BCUT2D eigenvalue weighted by Crippen LogP contribution is -2.50. The van der Waals surface area contributed by atoms with E-state index < -0.39 is 0 Å². The van der Waals surface area contributed by atoms with Crippen LogP contribution < -0.4 is 0 Å². The van der Waals surface area contributed by atoms with Gasteiger partial charge in [0.05, 0.1) is 18.4 Å². The molecule has 3 aromatic carbocycles. The second kappa shape index (κ2) is 10.9. The Morgan fingerprint density at radius 1 is 0.950 bits per heavy atom. The molecule has 2 aliphatic rings. The van der Waals surface area contributed by atoms with E-state index in [0.717, 1.165) is 34.8 Å². The third-order valence-electron chi connectivity index (χ3n) is 7.88. The minimum atomic E-state index is -0.0982. The number of rotatable bonds is 8. The van der Waals surface area contributed by atoms with Crippen molar-refractivity contribution in [3.05, 3.63) is 102 Å². The largest absolute Gasteiger partial charge is 0.362 e. The van der Waals surface area contributed by atoms with Gasteiger partial charge >= 0.3 is 0 Å². The summed E-state index contributed by atoms with van der Waals surface area (Å²) in [7, 11) is 1.75. The number of benzene rings is 3. The Hall–Kier alpha value is -4.50. The molecule has 1 N–H and O–H groups in total. The van der Waals surface area contributed by atoms with E-state index in [1.807, 2.05) is 18.2 Å². The molecule has 0 saturated heterocycles. The van der Waals surface area contributed by atoms with E-state index in [0.29, 0.717) is 12.5 Å². The summed E-state index contributed by atoms with van der Waals surface area (Å²) in [6.45, 7) is 7.94. The number of ether oxygens (including phenoxy) is 1. The minimum absolute atomic E-state index is 0.0131. The number of aromatic amines is 1. The zero-order chi connectivity index (χ0) is 27.6. The van der Waals surface area contributed by atoms with Crippen molar-refractivity contribution in [3.8, 4) is 22.5 Å². The van der Waals surface area contributed by atoms with Crippen molar-refractivity contribution >= 4 is 5.84 Å². The Balaban J connectivity index is 1.27. The van der Waals surface area contributed by atoms with Crippen molar-refractivity contribution in [3.63, 3.8) is 0 Å². The lowest BCUT2D eigenvalue weighted by molar-refractivity contribution is -0.00534. The van der Waals surface area contributed by atoms with Crippen molar-refractivity contribution < 1.29 is 4.74 Å². The second-order valence-corrected chi connectivity index (χ2v) is 10.3. The molecule has 0 fully saturated rings. The van der Waals surface area contributed by atoms with Gasteiger partial charge < -0.3 is 19.4 Å². The minimum Gasteiger partial charge on any atom is -0.362 e. The number of aromatic nitrogens is 4. The highest BCUT2D eigenvalue weighted by Gasteiger charge is 2.38. The Morgan fingerprint density at radius 2 is 1.68 bits per heavy atom. The molecule has 4 aromatic rings. The third kappa shape index (κ3) is 4.84. The van der Waals surface area contributed by atoms with Gasteiger partial charge in [0.25, 0.3) is 0 Å². The standard InChI is InChI=1S/C31H34N8O/c1-21(25-10-6-5-7-11-25)37-19-29-31(39(20-37)23(3)40-4)32-22(2)38(29)18-24-14-16-26(17-15-24)27-12-8-9-13-28(27)30-33-35-36-34-30/h5-17,19,21-23H,18,20H2,1-4H3,(H,33,34,35,36). The predicted octanol–water partition coefficient (Wildman–Crippen LogP) is 5.26. The molecule has 204 valence electrons. The molecule has 0 amide bonds. The smallest absolute Gasteiger partial charge is 0.180 e. The number of tetrazole rings is 1. The van der Waals surface area contributed by atoms with E-state index in [-0.39, 0.29) is 18.4 Å². The number of hydrogen-bond acceptors (Lipinski definition) is 8. The van der Waals surface area contributed by atoms with Gasteiger partial charge in [-0.2, -0.15) is 0 Å². The van der Waals surface area contributed by atoms with Gasteiger partial charge in [0.1, 0.15) is 12.4 Å². The second-order valence-electron chi connectivity index (χ2n) is 10.3. The quantitative estimate of drug-likeness (QED) is 0.330. The van der Waals surface area contributed by atoms with Crippen molar-refractivity contribution in [2.24, 2.45) is 4.99 Å². The molecule has 9 heteroatoms. The molecule has 0 saturated carbocycles. The van der Waals surface area contributed by atoms with Crippen LogP contribution in [0.4, 0.5) is 0 Å². The zero-order valence-corrected chi connectivity index (χ0v) is 23.3. The molecule has 2 aliphatic heterocycles. The van der Waals surface area contributed by atoms with Gasteiger partial charge in [-0.25, -0.2) is 10.1 Å². The van der Waals surface area contributed by atoms with E-state index in [4.69, 9.17) is 9.73 Å². The molecule has 0 bridgehead atoms. The van der Waals surface area contributed by atoms with E-state index >= 15 is 0 Å². The molecule has 9 nitrogen and oxygen atoms in total. The fraction of sp³-hybridized carbons (Fsp3) is 0.290. The Bertz CT molecular complexity index is 1500. The molecule has 3 heterocycles. The topological polar surface area (TPSA) is 85.8 Å². The third-order valence-corrected chi connectivity index (χ3v) is 7.88. The van der Waals surface area contributed by atoms with Crippen LogP contribution in [0, 0.1) is 0 Å². The van der Waals surface area contributed by atoms with Crippen LogP contribution in [0.5, 0.6) is 0 Å². The summed E-state index contributed by atoms with van der Waals surface area (Å²) in [6.07, 6.45) is 2.19. The number of methoxy groups -OCH3 is 1. The Kier molecular flexibility index (Phi) is 7.04. The number of hydrogen-bond donors (Lipinski definition) is 1. The SMILES string of the molecule is COC(C)N1CN(C(C)c2ccccc2)C=C2C1=NC(C)N2Cc1ccc(-c2ccccc2-c2nnn[nH]2)cc1. The first-order chi connectivity index (χ1) is 19.5. The highest BCUT2D eigenvalue weighted by molar-refractivity contribution is 6.00. The number of nitrogens with zero attached hydrogens (tertiary/aromatic N) is 7. The average Bonchev–Trinajstić information content (AvgIpc) is 3.65. The van der Waals surface area contributed by atoms with Gasteiger partial charge in [-0.1, -0.05) is 78.9 Å². The van der Waals surface area contributed by atoms with Gasteiger partial charge in [0.15, 0.2) is 11.7 Å². The maximum Gasteiger partial charge on any atom is 0.180 e. The highest BCUT2D eigenvalue weighted by atomic mass is 16.5. The predicted molar refractivity (Wildman–Crippen MR) is 155 cm³/mol. The lowest BCUT2D eigenvalue weighted by atomic mass is 9.98. The highest BCUT2D eigenvalue weighted by Crippen LogP contribution is 2.34. The van der Waals surface area contributed by atoms with Crippen LogP contribution in [-0.4, -0.2) is 67.3 Å². The van der Waals surface area contributed by atoms with Crippen molar-refractivity contribution in [2.75, 3.05) is 13.8 Å². The van der Waals surface area contributed by atoms with Gasteiger partial charge in [0, 0.05) is 25.4 Å². The number of fused-ring (bicyclic) bond motifs is 1. The van der Waals surface area contributed by atoms with E-state index in [1.165, 1.54) is 11.1 Å². The van der Waals surface area contributed by atoms with E-state index in [2.05, 4.69) is 123 Å². The van der Waals surface area contributed by atoms with E-state index in [1.54, 1.807) is 7.11 Å². The molecular weight excluding hydrogens is 500 g/mol. The first kappa shape index (κ1) is 25.8. The van der Waals surface area contributed by atoms with Crippen LogP contribution in [0.25, 0.3) is 22.5 Å². The average molecular weight is 535 g/mol. The molecular formula is C31H34N8O. The summed E-state index contributed by atoms with van der Waals surface area (Å²) in [4.78, 5) is 12.1. The number of aliphatic imine (C=N–C) groups is 1. The van der Waals surface area contributed by atoms with Crippen LogP contribution >= 0.6 is 0 Å². The van der Waals surface area contributed by atoms with Gasteiger partial charge in [0.2, 0.25) is 0 Å². The molecule has 6 rings (SSSR count). The maximum absolute atomic E-state index is 5.77. The Labute approximate surface area is 234 Å². The van der Waals surface area contributed by atoms with Crippen LogP contribution in [0.3, 0.4) is 0 Å². The molecule has 1 aromatic heterocycles. The van der Waals surface area contributed by atoms with Crippen LogP contribution in [0.1, 0.15) is 37.9 Å². The fourth-order valence-corrected chi connectivity index (χ4v) is 5.43. The van der Waals surface area contributed by atoms with Crippen molar-refractivity contribution in [1.82, 2.24) is 35.3 Å². The number of amidine groups is 1. The van der Waals surface area contributed by atoms with Crippen LogP contribution in [0.15, 0.2) is 95.8 Å². The molecule has 0 spiro atoms. The monoisotopic (exact) mass is 534 g/mol. The van der Waals surface area contributed by atoms with Crippen molar-refractivity contribution in [1.29, 1.82) is 0 Å². The van der Waals surface area contributed by atoms with Gasteiger partial charge in [-0.15, -0.1) is 5.10 Å². The first-order valence-electron chi connectivity index (χ1n) is 13.6. The normalized spacial score (nSPS) is 18.3. The molecule has 40 heavy (non-hydrogen) atoms.